The van der Waals surface area contributed by atoms with Crippen LogP contribution in [0.2, 0.25) is 0 Å². The number of nitriles is 1. The first-order chi connectivity index (χ1) is 15.1. The van der Waals surface area contributed by atoms with E-state index in [1.165, 1.54) is 32.1 Å². The number of aromatic nitrogens is 2. The van der Waals surface area contributed by atoms with E-state index in [0.717, 1.165) is 53.9 Å². The van der Waals surface area contributed by atoms with Crippen molar-refractivity contribution in [1.29, 1.82) is 5.26 Å². The minimum atomic E-state index is 0.532. The molecule has 1 aromatic rings. The molecule has 5 fully saturated rings. The number of rotatable bonds is 4. The second-order valence-electron chi connectivity index (χ2n) is 12.6. The highest BCUT2D eigenvalue weighted by molar-refractivity contribution is 5.21. The monoisotopic (exact) mass is 419 g/mol. The SMILES string of the molecule is C[C@H](Cn1cc(C#N)cn1)C1CCC2[C@@H]3CC[C@@H]4CC(C5CC5)CC[C@@H]4C3CC[C@@]21C. The molecular formula is C28H41N3. The van der Waals surface area contributed by atoms with Gasteiger partial charge in [0, 0.05) is 12.7 Å². The summed E-state index contributed by atoms with van der Waals surface area (Å²) < 4.78 is 2.02. The quantitative estimate of drug-likeness (QED) is 0.546. The Hall–Kier alpha value is -1.30. The van der Waals surface area contributed by atoms with Crippen LogP contribution < -0.4 is 0 Å². The number of hydrogen-bond donors (Lipinski definition) is 0. The lowest BCUT2D eigenvalue weighted by Gasteiger charge is -2.57. The maximum Gasteiger partial charge on any atom is 0.102 e. The van der Waals surface area contributed by atoms with Crippen molar-refractivity contribution in [3.05, 3.63) is 18.0 Å². The van der Waals surface area contributed by atoms with Gasteiger partial charge in [0.15, 0.2) is 0 Å². The molecule has 0 radical (unpaired) electrons. The molecule has 0 amide bonds. The van der Waals surface area contributed by atoms with Gasteiger partial charge in [-0.1, -0.05) is 13.8 Å². The van der Waals surface area contributed by atoms with Gasteiger partial charge in [-0.15, -0.1) is 0 Å². The Kier molecular flexibility index (Phi) is 5.00. The Morgan fingerprint density at radius 3 is 2.55 bits per heavy atom. The van der Waals surface area contributed by atoms with Crippen LogP contribution >= 0.6 is 0 Å². The second kappa shape index (κ2) is 7.64. The van der Waals surface area contributed by atoms with Gasteiger partial charge < -0.3 is 0 Å². The van der Waals surface area contributed by atoms with Gasteiger partial charge in [0.2, 0.25) is 0 Å². The van der Waals surface area contributed by atoms with E-state index >= 15 is 0 Å². The highest BCUT2D eigenvalue weighted by Gasteiger charge is 2.58. The van der Waals surface area contributed by atoms with E-state index in [0.29, 0.717) is 16.9 Å². The summed E-state index contributed by atoms with van der Waals surface area (Å²) in [4.78, 5) is 0. The molecule has 0 spiro atoms. The van der Waals surface area contributed by atoms with E-state index in [1.54, 1.807) is 44.7 Å². The first-order valence-corrected chi connectivity index (χ1v) is 13.5. The summed E-state index contributed by atoms with van der Waals surface area (Å²) in [5.74, 6) is 8.88. The van der Waals surface area contributed by atoms with Crippen LogP contribution in [-0.4, -0.2) is 9.78 Å². The molecule has 31 heavy (non-hydrogen) atoms. The lowest BCUT2D eigenvalue weighted by Crippen LogP contribution is -2.49. The molecule has 9 atom stereocenters. The zero-order chi connectivity index (χ0) is 21.2. The van der Waals surface area contributed by atoms with Crippen molar-refractivity contribution in [3.8, 4) is 6.07 Å². The third kappa shape index (κ3) is 3.39. The van der Waals surface area contributed by atoms with Gasteiger partial charge in [0.25, 0.3) is 0 Å². The lowest BCUT2D eigenvalue weighted by molar-refractivity contribution is -0.0756. The van der Waals surface area contributed by atoms with Gasteiger partial charge in [-0.2, -0.15) is 10.4 Å². The van der Waals surface area contributed by atoms with Gasteiger partial charge in [-0.3, -0.25) is 4.68 Å². The zero-order valence-corrected chi connectivity index (χ0v) is 19.7. The Morgan fingerprint density at radius 1 is 1.00 bits per heavy atom. The summed E-state index contributed by atoms with van der Waals surface area (Å²) in [5.41, 5.74) is 1.22. The van der Waals surface area contributed by atoms with Crippen molar-refractivity contribution in [2.24, 2.45) is 58.7 Å². The predicted molar refractivity (Wildman–Crippen MR) is 123 cm³/mol. The maximum atomic E-state index is 9.13. The Balaban J connectivity index is 1.15. The molecule has 6 rings (SSSR count). The minimum absolute atomic E-state index is 0.532. The van der Waals surface area contributed by atoms with E-state index in [1.807, 2.05) is 10.9 Å². The molecule has 5 aliphatic rings. The third-order valence-electron chi connectivity index (χ3n) is 11.3. The fourth-order valence-electron chi connectivity index (χ4n) is 9.80. The summed E-state index contributed by atoms with van der Waals surface area (Å²) in [5, 5.41) is 13.6. The third-order valence-corrected chi connectivity index (χ3v) is 11.3. The zero-order valence-electron chi connectivity index (χ0n) is 19.7. The van der Waals surface area contributed by atoms with E-state index in [-0.39, 0.29) is 0 Å². The average molecular weight is 420 g/mol. The van der Waals surface area contributed by atoms with Crippen molar-refractivity contribution in [2.75, 3.05) is 0 Å². The molecule has 4 unspecified atom stereocenters. The van der Waals surface area contributed by atoms with Crippen LogP contribution in [0.5, 0.6) is 0 Å². The van der Waals surface area contributed by atoms with Gasteiger partial charge in [0.1, 0.15) is 6.07 Å². The standard InChI is InChI=1S/C28H41N3/c1-18(16-31-17-19(14-29)15-30-31)26-9-10-27-25-8-6-22-13-21(20-3-4-20)5-7-23(22)24(25)11-12-28(26,27)2/h15,17-18,20-27H,3-13,16H2,1-2H3/t18-,21?,22-,23+,24?,25-,26?,27?,28-/m1/s1. The fourth-order valence-corrected chi connectivity index (χ4v) is 9.80. The van der Waals surface area contributed by atoms with Crippen LogP contribution in [0, 0.1) is 70.0 Å². The molecule has 168 valence electrons. The topological polar surface area (TPSA) is 41.6 Å². The Morgan fingerprint density at radius 2 is 1.77 bits per heavy atom. The summed E-state index contributed by atoms with van der Waals surface area (Å²) >= 11 is 0. The number of nitrogens with zero attached hydrogens (tertiary/aromatic N) is 3. The summed E-state index contributed by atoms with van der Waals surface area (Å²) in [6.07, 6.45) is 20.4. The molecule has 1 aromatic heterocycles. The van der Waals surface area contributed by atoms with Crippen LogP contribution in [0.25, 0.3) is 0 Å². The molecule has 5 saturated carbocycles. The van der Waals surface area contributed by atoms with Gasteiger partial charge in [-0.25, -0.2) is 0 Å². The van der Waals surface area contributed by atoms with Crippen LogP contribution in [0.3, 0.4) is 0 Å². The van der Waals surface area contributed by atoms with Crippen molar-refractivity contribution in [2.45, 2.75) is 91.0 Å². The van der Waals surface area contributed by atoms with Crippen LogP contribution in [0.15, 0.2) is 12.4 Å². The lowest BCUT2D eigenvalue weighted by atomic mass is 9.48. The first-order valence-electron chi connectivity index (χ1n) is 13.5. The van der Waals surface area contributed by atoms with Crippen molar-refractivity contribution in [1.82, 2.24) is 9.78 Å². The van der Waals surface area contributed by atoms with Crippen LogP contribution in [-0.2, 0) is 6.54 Å². The molecule has 3 heteroatoms. The highest BCUT2D eigenvalue weighted by Crippen LogP contribution is 2.66. The number of hydrogen-bond acceptors (Lipinski definition) is 2. The normalized spacial score (nSPS) is 45.3. The average Bonchev–Trinajstić information content (AvgIpc) is 3.43. The van der Waals surface area contributed by atoms with Crippen LogP contribution in [0.1, 0.15) is 90.0 Å². The van der Waals surface area contributed by atoms with E-state index in [9.17, 15) is 0 Å². The van der Waals surface area contributed by atoms with Crippen molar-refractivity contribution < 1.29 is 0 Å². The largest absolute Gasteiger partial charge is 0.271 e. The molecule has 1 heterocycles. The van der Waals surface area contributed by atoms with Gasteiger partial charge >= 0.3 is 0 Å². The van der Waals surface area contributed by atoms with Crippen LogP contribution in [0.4, 0.5) is 0 Å². The molecule has 0 saturated heterocycles. The van der Waals surface area contributed by atoms with Crippen molar-refractivity contribution in [3.63, 3.8) is 0 Å². The molecule has 3 nitrogen and oxygen atoms in total. The smallest absolute Gasteiger partial charge is 0.102 e. The molecule has 0 bridgehead atoms. The molecule has 0 N–H and O–H groups in total. The number of fused-ring (bicyclic) bond motifs is 5. The fraction of sp³-hybridized carbons (Fsp3) is 0.857. The Labute approximate surface area is 189 Å². The maximum absolute atomic E-state index is 9.13. The summed E-state index contributed by atoms with van der Waals surface area (Å²) in [6.45, 7) is 6.09. The van der Waals surface area contributed by atoms with E-state index < -0.39 is 0 Å². The van der Waals surface area contributed by atoms with Gasteiger partial charge in [-0.05, 0) is 129 Å². The summed E-state index contributed by atoms with van der Waals surface area (Å²) in [7, 11) is 0. The van der Waals surface area contributed by atoms with E-state index in [4.69, 9.17) is 5.26 Å². The van der Waals surface area contributed by atoms with Gasteiger partial charge in [0.05, 0.1) is 11.8 Å². The predicted octanol–water partition coefficient (Wildman–Crippen LogP) is 6.69. The highest BCUT2D eigenvalue weighted by atomic mass is 15.3. The molecule has 5 aliphatic carbocycles. The van der Waals surface area contributed by atoms with Crippen molar-refractivity contribution >= 4 is 0 Å². The second-order valence-corrected chi connectivity index (χ2v) is 12.6. The minimum Gasteiger partial charge on any atom is -0.271 e. The summed E-state index contributed by atoms with van der Waals surface area (Å²) in [6, 6.07) is 2.23. The van der Waals surface area contributed by atoms with E-state index in [2.05, 4.69) is 25.0 Å². The first kappa shape index (κ1) is 20.3. The molecule has 0 aromatic carbocycles. The molecular weight excluding hydrogens is 378 g/mol. The Bertz CT molecular complexity index is 847. The molecule has 0 aliphatic heterocycles.